The van der Waals surface area contributed by atoms with Gasteiger partial charge in [-0.3, -0.25) is 18.6 Å². The molecule has 0 unspecified atom stereocenters. The van der Waals surface area contributed by atoms with Crippen molar-refractivity contribution >= 4 is 34.2 Å². The lowest BCUT2D eigenvalue weighted by Crippen LogP contribution is -2.23. The number of Topliss-reactive ketones (excluding diaryl/α,β-unsaturated/α-hetero) is 1. The van der Waals surface area contributed by atoms with Gasteiger partial charge in [0.1, 0.15) is 5.75 Å². The number of thioether (sulfide) groups is 1. The van der Waals surface area contributed by atoms with Crippen LogP contribution >= 0.6 is 11.8 Å². The minimum absolute atomic E-state index is 0.0259. The molecule has 154 valence electrons. The Balaban J connectivity index is 1.60. The van der Waals surface area contributed by atoms with E-state index in [1.807, 2.05) is 47.7 Å². The summed E-state index contributed by atoms with van der Waals surface area (Å²) < 4.78 is 9.43. The lowest BCUT2D eigenvalue weighted by molar-refractivity contribution is 0.101. The Labute approximate surface area is 177 Å². The Morgan fingerprint density at radius 1 is 1.10 bits per heavy atom. The zero-order chi connectivity index (χ0) is 21.1. The van der Waals surface area contributed by atoms with Crippen LogP contribution in [0.2, 0.25) is 0 Å². The average Bonchev–Trinajstić information content (AvgIpc) is 3.18. The highest BCUT2D eigenvalue weighted by Gasteiger charge is 2.16. The Bertz CT molecular complexity index is 1280. The topological polar surface area (TPSA) is 78.5 Å². The molecular weight excluding hydrogens is 400 g/mol. The molecule has 0 atom stereocenters. The number of para-hydroxylation sites is 2. The van der Waals surface area contributed by atoms with Gasteiger partial charge in [0.15, 0.2) is 10.9 Å². The van der Waals surface area contributed by atoms with Gasteiger partial charge in [0.05, 0.1) is 23.1 Å². The van der Waals surface area contributed by atoms with Crippen LogP contribution in [-0.2, 0) is 6.54 Å². The van der Waals surface area contributed by atoms with Crippen LogP contribution in [0.15, 0.2) is 58.5 Å². The molecule has 0 fully saturated rings. The molecule has 0 aliphatic carbocycles. The first-order chi connectivity index (χ1) is 14.6. The summed E-state index contributed by atoms with van der Waals surface area (Å²) in [6, 6.07) is 14.7. The lowest BCUT2D eigenvalue weighted by Gasteiger charge is -2.11. The van der Waals surface area contributed by atoms with Crippen LogP contribution in [0.4, 0.5) is 0 Å². The molecule has 4 aromatic rings. The second kappa shape index (κ2) is 8.71. The quantitative estimate of drug-likeness (QED) is 0.244. The van der Waals surface area contributed by atoms with E-state index in [9.17, 15) is 9.59 Å². The number of rotatable bonds is 8. The van der Waals surface area contributed by atoms with E-state index in [0.29, 0.717) is 46.5 Å². The first kappa shape index (κ1) is 20.2. The van der Waals surface area contributed by atoms with E-state index in [2.05, 4.69) is 10.2 Å². The minimum Gasteiger partial charge on any atom is -0.492 e. The third-order valence-electron chi connectivity index (χ3n) is 4.76. The third-order valence-corrected chi connectivity index (χ3v) is 5.66. The molecule has 8 heteroatoms. The van der Waals surface area contributed by atoms with Gasteiger partial charge in [0, 0.05) is 12.3 Å². The summed E-state index contributed by atoms with van der Waals surface area (Å²) in [5, 5.41) is 9.97. The van der Waals surface area contributed by atoms with Gasteiger partial charge in [-0.2, -0.15) is 0 Å². The fourth-order valence-electron chi connectivity index (χ4n) is 3.42. The molecule has 2 aromatic heterocycles. The van der Waals surface area contributed by atoms with Gasteiger partial charge in [-0.1, -0.05) is 43.0 Å². The maximum Gasteiger partial charge on any atom is 0.262 e. The molecule has 2 aromatic carbocycles. The van der Waals surface area contributed by atoms with Crippen LogP contribution in [0.3, 0.4) is 0 Å². The molecule has 4 rings (SSSR count). The van der Waals surface area contributed by atoms with Crippen molar-refractivity contribution in [3.05, 3.63) is 64.4 Å². The van der Waals surface area contributed by atoms with Gasteiger partial charge in [-0.15, -0.1) is 10.2 Å². The minimum atomic E-state index is -0.0481. The zero-order valence-corrected chi connectivity index (χ0v) is 17.7. The van der Waals surface area contributed by atoms with Crippen LogP contribution in [0.1, 0.15) is 30.6 Å². The maximum atomic E-state index is 12.9. The molecule has 0 N–H and O–H groups in total. The number of ether oxygens (including phenoxy) is 1. The third kappa shape index (κ3) is 3.70. The number of aryl methyl sites for hydroxylation is 1. The fraction of sp³-hybridized carbons (Fsp3) is 0.273. The molecule has 0 spiro atoms. The molecular formula is C22H22N4O3S. The summed E-state index contributed by atoms with van der Waals surface area (Å²) >= 11 is 1.50. The second-order valence-corrected chi connectivity index (χ2v) is 7.90. The number of hydrogen-bond acceptors (Lipinski definition) is 6. The monoisotopic (exact) mass is 422 g/mol. The predicted octanol–water partition coefficient (Wildman–Crippen LogP) is 3.83. The van der Waals surface area contributed by atoms with Crippen molar-refractivity contribution in [2.45, 2.75) is 32.0 Å². The molecule has 0 bridgehead atoms. The summed E-state index contributed by atoms with van der Waals surface area (Å²) in [5.41, 5.74) is 1.32. The van der Waals surface area contributed by atoms with Crippen LogP contribution in [0.25, 0.3) is 16.7 Å². The number of benzene rings is 2. The Kier molecular flexibility index (Phi) is 5.85. The molecule has 0 radical (unpaired) electrons. The number of aromatic nitrogens is 4. The number of carbonyl (C=O) groups excluding carboxylic acids is 1. The van der Waals surface area contributed by atoms with E-state index in [1.165, 1.54) is 18.7 Å². The van der Waals surface area contributed by atoms with Gasteiger partial charge in [-0.25, -0.2) is 0 Å². The number of fused-ring (bicyclic) bond motifs is 3. The maximum absolute atomic E-state index is 12.9. The molecule has 0 saturated carbocycles. The fourth-order valence-corrected chi connectivity index (χ4v) is 4.18. The Morgan fingerprint density at radius 3 is 2.67 bits per heavy atom. The van der Waals surface area contributed by atoms with Crippen LogP contribution in [0, 0.1) is 0 Å². The molecule has 2 heterocycles. The first-order valence-electron chi connectivity index (χ1n) is 9.84. The van der Waals surface area contributed by atoms with E-state index in [-0.39, 0.29) is 11.3 Å². The van der Waals surface area contributed by atoms with Crippen molar-refractivity contribution in [2.75, 3.05) is 12.4 Å². The predicted molar refractivity (Wildman–Crippen MR) is 118 cm³/mol. The standard InChI is InChI=1S/C22H22N4O3S/c1-3-12-25-20(28)17-9-4-6-10-18(17)26-21(25)23-24-22(26)30-14-13-29-19-11-7-5-8-16(19)15(2)27/h4-11H,3,12-14H2,1-2H3. The summed E-state index contributed by atoms with van der Waals surface area (Å²) in [5.74, 6) is 1.72. The van der Waals surface area contributed by atoms with Gasteiger partial charge >= 0.3 is 0 Å². The summed E-state index contributed by atoms with van der Waals surface area (Å²) in [4.78, 5) is 24.6. The Hall–Kier alpha value is -3.13. The highest BCUT2D eigenvalue weighted by atomic mass is 32.2. The molecule has 0 aliphatic rings. The van der Waals surface area contributed by atoms with Gasteiger partial charge in [-0.05, 0) is 37.6 Å². The summed E-state index contributed by atoms with van der Waals surface area (Å²) in [6.07, 6.45) is 0.826. The second-order valence-electron chi connectivity index (χ2n) is 6.84. The van der Waals surface area contributed by atoms with Crippen molar-refractivity contribution < 1.29 is 9.53 Å². The summed E-state index contributed by atoms with van der Waals surface area (Å²) in [7, 11) is 0. The van der Waals surface area contributed by atoms with E-state index in [4.69, 9.17) is 4.74 Å². The number of nitrogens with zero attached hydrogens (tertiary/aromatic N) is 4. The highest BCUT2D eigenvalue weighted by molar-refractivity contribution is 7.99. The SMILES string of the molecule is CCCn1c(=O)c2ccccc2n2c(SCCOc3ccccc3C(C)=O)nnc12. The van der Waals surface area contributed by atoms with E-state index < -0.39 is 0 Å². The largest absolute Gasteiger partial charge is 0.492 e. The Morgan fingerprint density at radius 2 is 1.87 bits per heavy atom. The van der Waals surface area contributed by atoms with Gasteiger partial charge in [0.25, 0.3) is 5.56 Å². The number of carbonyl (C=O) groups is 1. The molecule has 0 aliphatic heterocycles. The van der Waals surface area contributed by atoms with Crippen molar-refractivity contribution in [1.82, 2.24) is 19.2 Å². The highest BCUT2D eigenvalue weighted by Crippen LogP contribution is 2.23. The van der Waals surface area contributed by atoms with Crippen molar-refractivity contribution in [2.24, 2.45) is 0 Å². The molecule has 0 saturated heterocycles. The van der Waals surface area contributed by atoms with Gasteiger partial charge < -0.3 is 4.74 Å². The molecule has 0 amide bonds. The smallest absolute Gasteiger partial charge is 0.262 e. The number of ketones is 1. The zero-order valence-electron chi connectivity index (χ0n) is 16.9. The van der Waals surface area contributed by atoms with E-state index in [0.717, 1.165) is 11.9 Å². The summed E-state index contributed by atoms with van der Waals surface area (Å²) in [6.45, 7) is 4.55. The average molecular weight is 423 g/mol. The normalized spacial score (nSPS) is 11.3. The lowest BCUT2D eigenvalue weighted by atomic mass is 10.1. The van der Waals surface area contributed by atoms with Crippen LogP contribution in [-0.4, -0.2) is 37.3 Å². The van der Waals surface area contributed by atoms with Gasteiger partial charge in [0.2, 0.25) is 5.78 Å². The van der Waals surface area contributed by atoms with Crippen LogP contribution in [0.5, 0.6) is 5.75 Å². The molecule has 30 heavy (non-hydrogen) atoms. The van der Waals surface area contributed by atoms with E-state index in [1.54, 1.807) is 16.7 Å². The van der Waals surface area contributed by atoms with Crippen LogP contribution < -0.4 is 10.3 Å². The van der Waals surface area contributed by atoms with E-state index >= 15 is 0 Å². The van der Waals surface area contributed by atoms with Crippen molar-refractivity contribution in [3.63, 3.8) is 0 Å². The first-order valence-corrected chi connectivity index (χ1v) is 10.8. The van der Waals surface area contributed by atoms with Crippen molar-refractivity contribution in [1.29, 1.82) is 0 Å². The number of hydrogen-bond donors (Lipinski definition) is 0. The van der Waals surface area contributed by atoms with Crippen molar-refractivity contribution in [3.8, 4) is 5.75 Å². The molecule has 7 nitrogen and oxygen atoms in total.